The summed E-state index contributed by atoms with van der Waals surface area (Å²) in [5.74, 6) is 0. The number of carbonyl (C=O) groups excluding carboxylic acids is 1. The smallest absolute Gasteiger partial charge is 0.319 e. The standard InChI is InChI=1S/C12H16N4O3/c17-12(15-10-4-2-6-13-8-10)14-9-3-1-5-11(7-9)16(18)19/h1,3,5,7,10,13H,2,4,6,8H2,(H2,14,15,17)/t10-/m1/s1. The van der Waals surface area contributed by atoms with E-state index >= 15 is 0 Å². The molecule has 1 aliphatic rings. The normalized spacial score (nSPS) is 18.6. The lowest BCUT2D eigenvalue weighted by molar-refractivity contribution is -0.384. The highest BCUT2D eigenvalue weighted by Crippen LogP contribution is 2.16. The zero-order valence-corrected chi connectivity index (χ0v) is 10.4. The van der Waals surface area contributed by atoms with Crippen LogP contribution in [-0.2, 0) is 0 Å². The molecule has 3 N–H and O–H groups in total. The molecule has 0 spiro atoms. The summed E-state index contributed by atoms with van der Waals surface area (Å²) in [5, 5.41) is 19.3. The number of nitrogens with one attached hydrogen (secondary N) is 3. The van der Waals surface area contributed by atoms with Crippen LogP contribution in [0.25, 0.3) is 0 Å². The van der Waals surface area contributed by atoms with Gasteiger partial charge in [0.2, 0.25) is 0 Å². The van der Waals surface area contributed by atoms with Crippen LogP contribution in [0.4, 0.5) is 16.2 Å². The molecule has 0 aromatic heterocycles. The average Bonchev–Trinajstić information content (AvgIpc) is 2.40. The Morgan fingerprint density at radius 1 is 1.47 bits per heavy atom. The molecule has 7 heteroatoms. The predicted octanol–water partition coefficient (Wildman–Crippen LogP) is 1.47. The first-order valence-electron chi connectivity index (χ1n) is 6.18. The number of nitro benzene ring substituents is 1. The highest BCUT2D eigenvalue weighted by Gasteiger charge is 2.15. The van der Waals surface area contributed by atoms with Crippen LogP contribution in [0, 0.1) is 10.1 Å². The summed E-state index contributed by atoms with van der Waals surface area (Å²) in [7, 11) is 0. The number of nitro groups is 1. The third-order valence-electron chi connectivity index (χ3n) is 2.95. The number of benzene rings is 1. The minimum Gasteiger partial charge on any atom is -0.334 e. The maximum Gasteiger partial charge on any atom is 0.319 e. The van der Waals surface area contributed by atoms with Gasteiger partial charge in [0.25, 0.3) is 5.69 Å². The number of carbonyl (C=O) groups is 1. The monoisotopic (exact) mass is 264 g/mol. The lowest BCUT2D eigenvalue weighted by atomic mass is 10.1. The number of amides is 2. The number of urea groups is 1. The van der Waals surface area contributed by atoms with Gasteiger partial charge in [-0.1, -0.05) is 6.07 Å². The number of hydrogen-bond donors (Lipinski definition) is 3. The zero-order chi connectivity index (χ0) is 13.7. The second-order valence-corrected chi connectivity index (χ2v) is 4.45. The first-order chi connectivity index (χ1) is 9.15. The predicted molar refractivity (Wildman–Crippen MR) is 71.1 cm³/mol. The van der Waals surface area contributed by atoms with Gasteiger partial charge in [-0.15, -0.1) is 0 Å². The Labute approximate surface area is 110 Å². The Morgan fingerprint density at radius 2 is 2.32 bits per heavy atom. The van der Waals surface area contributed by atoms with Crippen LogP contribution in [0.5, 0.6) is 0 Å². The third kappa shape index (κ3) is 3.92. The summed E-state index contributed by atoms with van der Waals surface area (Å²) < 4.78 is 0. The minimum atomic E-state index is -0.492. The second-order valence-electron chi connectivity index (χ2n) is 4.45. The molecule has 102 valence electrons. The molecule has 1 saturated heterocycles. The SMILES string of the molecule is O=C(Nc1cccc([N+](=O)[O-])c1)N[C@@H]1CCCNC1. The van der Waals surface area contributed by atoms with E-state index in [2.05, 4.69) is 16.0 Å². The van der Waals surface area contributed by atoms with Gasteiger partial charge in [-0.05, 0) is 25.5 Å². The summed E-state index contributed by atoms with van der Waals surface area (Å²) >= 11 is 0. The highest BCUT2D eigenvalue weighted by atomic mass is 16.6. The van der Waals surface area contributed by atoms with Crippen LogP contribution in [0.3, 0.4) is 0 Å². The van der Waals surface area contributed by atoms with E-state index in [-0.39, 0.29) is 17.8 Å². The molecule has 7 nitrogen and oxygen atoms in total. The molecular weight excluding hydrogens is 248 g/mol. The number of rotatable bonds is 3. The number of piperidine rings is 1. The summed E-state index contributed by atoms with van der Waals surface area (Å²) in [6, 6.07) is 5.63. The molecule has 0 bridgehead atoms. The van der Waals surface area contributed by atoms with Crippen molar-refractivity contribution in [3.05, 3.63) is 34.4 Å². The summed E-state index contributed by atoms with van der Waals surface area (Å²) in [4.78, 5) is 21.9. The number of hydrogen-bond acceptors (Lipinski definition) is 4. The lowest BCUT2D eigenvalue weighted by Crippen LogP contribution is -2.47. The van der Waals surface area contributed by atoms with E-state index in [0.717, 1.165) is 25.9 Å². The van der Waals surface area contributed by atoms with Crippen LogP contribution >= 0.6 is 0 Å². The van der Waals surface area contributed by atoms with Gasteiger partial charge in [0.1, 0.15) is 0 Å². The van der Waals surface area contributed by atoms with Crippen LogP contribution in [0.1, 0.15) is 12.8 Å². The van der Waals surface area contributed by atoms with Gasteiger partial charge in [-0.3, -0.25) is 10.1 Å². The Balaban J connectivity index is 1.90. The molecule has 1 aliphatic heterocycles. The van der Waals surface area contributed by atoms with Crippen LogP contribution in [0.2, 0.25) is 0 Å². The number of nitrogens with zero attached hydrogens (tertiary/aromatic N) is 1. The van der Waals surface area contributed by atoms with Crippen molar-refractivity contribution in [2.75, 3.05) is 18.4 Å². The topological polar surface area (TPSA) is 96.3 Å². The van der Waals surface area contributed by atoms with E-state index < -0.39 is 4.92 Å². The minimum absolute atomic E-state index is 0.0443. The molecule has 1 atom stereocenters. The third-order valence-corrected chi connectivity index (χ3v) is 2.95. The van der Waals surface area contributed by atoms with E-state index in [9.17, 15) is 14.9 Å². The molecular formula is C12H16N4O3. The first kappa shape index (κ1) is 13.3. The van der Waals surface area contributed by atoms with Crippen LogP contribution in [0.15, 0.2) is 24.3 Å². The van der Waals surface area contributed by atoms with E-state index in [1.807, 2.05) is 0 Å². The molecule has 1 fully saturated rings. The molecule has 2 amide bonds. The lowest BCUT2D eigenvalue weighted by Gasteiger charge is -2.23. The van der Waals surface area contributed by atoms with Gasteiger partial charge in [0.15, 0.2) is 0 Å². The Hall–Kier alpha value is -2.15. The molecule has 0 aliphatic carbocycles. The fourth-order valence-corrected chi connectivity index (χ4v) is 2.02. The molecule has 1 aromatic rings. The van der Waals surface area contributed by atoms with Crippen molar-refractivity contribution >= 4 is 17.4 Å². The van der Waals surface area contributed by atoms with Crippen molar-refractivity contribution in [1.82, 2.24) is 10.6 Å². The number of anilines is 1. The quantitative estimate of drug-likeness (QED) is 0.569. The van der Waals surface area contributed by atoms with Gasteiger partial charge in [0, 0.05) is 30.4 Å². The van der Waals surface area contributed by atoms with Crippen molar-refractivity contribution in [2.24, 2.45) is 0 Å². The van der Waals surface area contributed by atoms with Crippen molar-refractivity contribution in [1.29, 1.82) is 0 Å². The zero-order valence-electron chi connectivity index (χ0n) is 10.4. The highest BCUT2D eigenvalue weighted by molar-refractivity contribution is 5.89. The van der Waals surface area contributed by atoms with E-state index in [4.69, 9.17) is 0 Å². The molecule has 19 heavy (non-hydrogen) atoms. The maximum atomic E-state index is 11.7. The van der Waals surface area contributed by atoms with Gasteiger partial charge in [0.05, 0.1) is 4.92 Å². The van der Waals surface area contributed by atoms with Crippen molar-refractivity contribution in [3.8, 4) is 0 Å². The summed E-state index contributed by atoms with van der Waals surface area (Å²) in [6.45, 7) is 1.73. The fourth-order valence-electron chi connectivity index (χ4n) is 2.02. The van der Waals surface area contributed by atoms with Gasteiger partial charge < -0.3 is 16.0 Å². The number of non-ortho nitro benzene ring substituents is 1. The summed E-state index contributed by atoms with van der Waals surface area (Å²) in [5.41, 5.74) is 0.368. The largest absolute Gasteiger partial charge is 0.334 e. The molecule has 2 rings (SSSR count). The van der Waals surface area contributed by atoms with Gasteiger partial charge in [-0.25, -0.2) is 4.79 Å². The van der Waals surface area contributed by atoms with E-state index in [1.165, 1.54) is 18.2 Å². The Morgan fingerprint density at radius 3 is 3.00 bits per heavy atom. The van der Waals surface area contributed by atoms with Crippen LogP contribution in [-0.4, -0.2) is 30.1 Å². The molecule has 0 radical (unpaired) electrons. The van der Waals surface area contributed by atoms with E-state index in [0.29, 0.717) is 5.69 Å². The van der Waals surface area contributed by atoms with E-state index in [1.54, 1.807) is 6.07 Å². The second kappa shape index (κ2) is 6.14. The molecule has 0 saturated carbocycles. The molecule has 1 aromatic carbocycles. The summed E-state index contributed by atoms with van der Waals surface area (Å²) in [6.07, 6.45) is 1.97. The van der Waals surface area contributed by atoms with Crippen molar-refractivity contribution in [2.45, 2.75) is 18.9 Å². The fraction of sp³-hybridized carbons (Fsp3) is 0.417. The molecule has 0 unspecified atom stereocenters. The van der Waals surface area contributed by atoms with Gasteiger partial charge >= 0.3 is 6.03 Å². The van der Waals surface area contributed by atoms with Crippen molar-refractivity contribution < 1.29 is 9.72 Å². The average molecular weight is 264 g/mol. The molecule has 1 heterocycles. The van der Waals surface area contributed by atoms with Gasteiger partial charge in [-0.2, -0.15) is 0 Å². The maximum absolute atomic E-state index is 11.7. The van der Waals surface area contributed by atoms with Crippen LogP contribution < -0.4 is 16.0 Å². The first-order valence-corrected chi connectivity index (χ1v) is 6.18. The van der Waals surface area contributed by atoms with Crippen molar-refractivity contribution in [3.63, 3.8) is 0 Å². The Kier molecular flexibility index (Phi) is 4.30. The Bertz CT molecular complexity index is 472.